The van der Waals surface area contributed by atoms with E-state index in [1.165, 1.54) is 0 Å². The largest absolute Gasteiger partial charge is 0.409 e. The zero-order valence-corrected chi connectivity index (χ0v) is 12.2. The van der Waals surface area contributed by atoms with Gasteiger partial charge in [0.05, 0.1) is 11.5 Å². The molecule has 0 fully saturated rings. The highest BCUT2D eigenvalue weighted by Gasteiger charge is 2.21. The highest BCUT2D eigenvalue weighted by molar-refractivity contribution is 5.87. The van der Waals surface area contributed by atoms with Gasteiger partial charge in [0.15, 0.2) is 0 Å². The van der Waals surface area contributed by atoms with Crippen LogP contribution in [-0.2, 0) is 0 Å². The molecule has 112 valence electrons. The lowest BCUT2D eigenvalue weighted by molar-refractivity contribution is 0.0502. The number of nitrogens with two attached hydrogens (primary N) is 1. The molecule has 5 N–H and O–H groups in total. The van der Waals surface area contributed by atoms with Crippen LogP contribution in [0.25, 0.3) is 0 Å². The van der Waals surface area contributed by atoms with Gasteiger partial charge in [-0.15, -0.1) is 0 Å². The molecule has 0 heterocycles. The summed E-state index contributed by atoms with van der Waals surface area (Å²) >= 11 is 0. The van der Waals surface area contributed by atoms with Gasteiger partial charge in [-0.1, -0.05) is 48.8 Å². The Labute approximate surface area is 120 Å². The maximum atomic E-state index is 10.1. The molecule has 1 aromatic rings. The first-order valence-electron chi connectivity index (χ1n) is 6.95. The molecule has 0 saturated heterocycles. The fraction of sp³-hybridized carbons (Fsp3) is 0.533. The van der Waals surface area contributed by atoms with Crippen molar-refractivity contribution in [1.29, 1.82) is 0 Å². The Bertz CT molecular complexity index is 418. The first kappa shape index (κ1) is 16.5. The zero-order valence-electron chi connectivity index (χ0n) is 12.2. The monoisotopic (exact) mass is 279 g/mol. The average Bonchev–Trinajstić information content (AvgIpc) is 2.43. The summed E-state index contributed by atoms with van der Waals surface area (Å²) in [5, 5.41) is 25.3. The first-order chi connectivity index (χ1) is 9.50. The number of oxime groups is 1. The van der Waals surface area contributed by atoms with E-state index in [1.54, 1.807) is 0 Å². The summed E-state index contributed by atoms with van der Waals surface area (Å²) in [5.41, 5.74) is 6.00. The molecule has 5 heteroatoms. The van der Waals surface area contributed by atoms with Crippen molar-refractivity contribution < 1.29 is 10.3 Å². The van der Waals surface area contributed by atoms with Gasteiger partial charge in [0.1, 0.15) is 5.84 Å². The predicted molar refractivity (Wildman–Crippen MR) is 81.0 cm³/mol. The topological polar surface area (TPSA) is 90.9 Å². The third-order valence-electron chi connectivity index (χ3n) is 3.32. The Morgan fingerprint density at radius 1 is 1.40 bits per heavy atom. The highest BCUT2D eigenvalue weighted by Crippen LogP contribution is 2.16. The molecule has 2 atom stereocenters. The lowest BCUT2D eigenvalue weighted by atomic mass is 9.96. The van der Waals surface area contributed by atoms with Gasteiger partial charge in [0.25, 0.3) is 0 Å². The first-order valence-corrected chi connectivity index (χ1v) is 6.95. The lowest BCUT2D eigenvalue weighted by Gasteiger charge is -2.25. The van der Waals surface area contributed by atoms with E-state index in [2.05, 4.69) is 10.5 Å². The molecule has 1 rings (SSSR count). The summed E-state index contributed by atoms with van der Waals surface area (Å²) in [6, 6.07) is 9.63. The second-order valence-corrected chi connectivity index (χ2v) is 5.37. The van der Waals surface area contributed by atoms with Gasteiger partial charge >= 0.3 is 0 Å². The number of aliphatic hydroxyl groups is 1. The molecule has 1 aromatic carbocycles. The van der Waals surface area contributed by atoms with E-state index in [0.29, 0.717) is 13.1 Å². The Balaban J connectivity index is 2.64. The molecule has 2 unspecified atom stereocenters. The summed E-state index contributed by atoms with van der Waals surface area (Å²) in [6.45, 7) is 4.84. The van der Waals surface area contributed by atoms with Crippen molar-refractivity contribution in [3.63, 3.8) is 0 Å². The number of hydrogen-bond donors (Lipinski definition) is 4. The van der Waals surface area contributed by atoms with E-state index < -0.39 is 5.60 Å². The third-order valence-corrected chi connectivity index (χ3v) is 3.32. The van der Waals surface area contributed by atoms with Crippen molar-refractivity contribution in [2.45, 2.75) is 38.2 Å². The van der Waals surface area contributed by atoms with Crippen LogP contribution in [0.3, 0.4) is 0 Å². The van der Waals surface area contributed by atoms with Crippen LogP contribution in [-0.4, -0.2) is 34.8 Å². The fourth-order valence-electron chi connectivity index (χ4n) is 2.26. The molecule has 0 radical (unpaired) electrons. The molecule has 0 aromatic heterocycles. The Kier molecular flexibility index (Phi) is 6.48. The summed E-state index contributed by atoms with van der Waals surface area (Å²) in [7, 11) is 0. The van der Waals surface area contributed by atoms with Crippen molar-refractivity contribution in [1.82, 2.24) is 5.32 Å². The lowest BCUT2D eigenvalue weighted by Crippen LogP contribution is -2.41. The van der Waals surface area contributed by atoms with Crippen LogP contribution in [0.15, 0.2) is 35.5 Å². The average molecular weight is 279 g/mol. The minimum absolute atomic E-state index is 0.166. The van der Waals surface area contributed by atoms with Gasteiger partial charge in [-0.3, -0.25) is 0 Å². The van der Waals surface area contributed by atoms with Gasteiger partial charge in [-0.25, -0.2) is 0 Å². The molecule has 0 spiro atoms. The second-order valence-electron chi connectivity index (χ2n) is 5.37. The summed E-state index contributed by atoms with van der Waals surface area (Å²) < 4.78 is 0. The van der Waals surface area contributed by atoms with Crippen LogP contribution in [0.1, 0.15) is 38.2 Å². The van der Waals surface area contributed by atoms with Gasteiger partial charge in [-0.05, 0) is 18.9 Å². The van der Waals surface area contributed by atoms with E-state index in [-0.39, 0.29) is 11.8 Å². The van der Waals surface area contributed by atoms with Crippen LogP contribution in [0.5, 0.6) is 0 Å². The highest BCUT2D eigenvalue weighted by atomic mass is 16.4. The summed E-state index contributed by atoms with van der Waals surface area (Å²) in [5.74, 6) is -0.0440. The minimum Gasteiger partial charge on any atom is -0.409 e. The molecule has 0 aliphatic carbocycles. The van der Waals surface area contributed by atoms with Crippen molar-refractivity contribution in [3.05, 3.63) is 35.9 Å². The Morgan fingerprint density at radius 2 is 2.05 bits per heavy atom. The van der Waals surface area contributed by atoms with Gasteiger partial charge in [0.2, 0.25) is 0 Å². The van der Waals surface area contributed by atoms with E-state index in [0.717, 1.165) is 18.4 Å². The number of nitrogens with one attached hydrogen (secondary N) is 1. The second kappa shape index (κ2) is 7.87. The standard InChI is InChI=1S/C15H25N3O2/c1-3-9-15(2,19)11-17-10-13(14(16)18-20)12-7-5-4-6-8-12/h4-8,13,17,19-20H,3,9-11H2,1-2H3,(H2,16,18). The van der Waals surface area contributed by atoms with E-state index in [1.807, 2.05) is 44.2 Å². The van der Waals surface area contributed by atoms with E-state index in [4.69, 9.17) is 10.9 Å². The number of hydrogen-bond acceptors (Lipinski definition) is 4. The molecule has 0 bridgehead atoms. The van der Waals surface area contributed by atoms with Crippen molar-refractivity contribution in [2.24, 2.45) is 10.9 Å². The van der Waals surface area contributed by atoms with Crippen molar-refractivity contribution in [3.8, 4) is 0 Å². The Morgan fingerprint density at radius 3 is 2.60 bits per heavy atom. The molecule has 0 amide bonds. The number of amidine groups is 1. The summed E-state index contributed by atoms with van der Waals surface area (Å²) in [4.78, 5) is 0. The molecular weight excluding hydrogens is 254 g/mol. The molecule has 0 aliphatic rings. The summed E-state index contributed by atoms with van der Waals surface area (Å²) in [6.07, 6.45) is 1.66. The number of benzene rings is 1. The van der Waals surface area contributed by atoms with Crippen LogP contribution in [0.4, 0.5) is 0 Å². The van der Waals surface area contributed by atoms with Gasteiger partial charge in [0, 0.05) is 13.1 Å². The van der Waals surface area contributed by atoms with Crippen LogP contribution >= 0.6 is 0 Å². The number of nitrogens with zero attached hydrogens (tertiary/aromatic N) is 1. The maximum absolute atomic E-state index is 10.1. The number of rotatable bonds is 8. The van der Waals surface area contributed by atoms with Crippen molar-refractivity contribution in [2.75, 3.05) is 13.1 Å². The smallest absolute Gasteiger partial charge is 0.147 e. The predicted octanol–water partition coefficient (Wildman–Crippen LogP) is 1.66. The van der Waals surface area contributed by atoms with Crippen LogP contribution in [0, 0.1) is 0 Å². The molecule has 20 heavy (non-hydrogen) atoms. The van der Waals surface area contributed by atoms with E-state index in [9.17, 15) is 5.11 Å². The fourth-order valence-corrected chi connectivity index (χ4v) is 2.26. The van der Waals surface area contributed by atoms with Crippen LogP contribution < -0.4 is 11.1 Å². The SMILES string of the molecule is CCCC(C)(O)CNCC(/C(N)=N/O)c1ccccc1. The third kappa shape index (κ3) is 5.19. The molecule has 5 nitrogen and oxygen atoms in total. The van der Waals surface area contributed by atoms with Gasteiger partial charge < -0.3 is 21.4 Å². The molecule has 0 saturated carbocycles. The van der Waals surface area contributed by atoms with E-state index >= 15 is 0 Å². The maximum Gasteiger partial charge on any atom is 0.147 e. The van der Waals surface area contributed by atoms with Gasteiger partial charge in [-0.2, -0.15) is 0 Å². The van der Waals surface area contributed by atoms with Crippen LogP contribution in [0.2, 0.25) is 0 Å². The minimum atomic E-state index is -0.735. The Hall–Kier alpha value is -1.59. The quantitative estimate of drug-likeness (QED) is 0.252. The molecule has 0 aliphatic heterocycles. The zero-order chi connectivity index (χ0) is 15.0. The molecular formula is C15H25N3O2. The normalized spacial score (nSPS) is 16.6. The van der Waals surface area contributed by atoms with Crippen molar-refractivity contribution >= 4 is 5.84 Å².